The van der Waals surface area contributed by atoms with E-state index in [2.05, 4.69) is 29.4 Å². The number of carbonyl (C=O) groups is 2. The molecular weight excluding hydrogens is 442 g/mol. The zero-order valence-corrected chi connectivity index (χ0v) is 18.9. The molecule has 4 N–H and O–H groups in total. The second-order valence-electron chi connectivity index (χ2n) is 7.73. The van der Waals surface area contributed by atoms with E-state index in [1.54, 1.807) is 0 Å². The van der Waals surface area contributed by atoms with Gasteiger partial charge in [-0.05, 0) is 24.1 Å². The van der Waals surface area contributed by atoms with Crippen molar-refractivity contribution in [2.45, 2.75) is 31.4 Å². The first-order valence-electron chi connectivity index (χ1n) is 10.5. The van der Waals surface area contributed by atoms with Crippen molar-refractivity contribution in [2.24, 2.45) is 0 Å². The average molecular weight is 467 g/mol. The van der Waals surface area contributed by atoms with Crippen molar-refractivity contribution in [3.8, 4) is 17.0 Å². The Bertz CT molecular complexity index is 1280. The summed E-state index contributed by atoms with van der Waals surface area (Å²) in [6.07, 6.45) is 2.74. The number of aromatic nitrogens is 2. The molecule has 2 aromatic heterocycles. The van der Waals surface area contributed by atoms with Gasteiger partial charge in [-0.3, -0.25) is 14.4 Å². The van der Waals surface area contributed by atoms with E-state index in [0.29, 0.717) is 22.8 Å². The van der Waals surface area contributed by atoms with Crippen LogP contribution in [0.15, 0.2) is 47.4 Å². The monoisotopic (exact) mass is 466 g/mol. The molecule has 4 rings (SSSR count). The largest absolute Gasteiger partial charge is 0.507 e. The number of thioether (sulfide) groups is 1. The van der Waals surface area contributed by atoms with Crippen LogP contribution in [0.1, 0.15) is 39.7 Å². The number of benzene rings is 1. The number of nitrogens with zero attached hydrogens (tertiary/aromatic N) is 1. The molecule has 0 spiro atoms. The number of nitrogens with one attached hydrogen (secondary N) is 2. The lowest BCUT2D eigenvalue weighted by Gasteiger charge is -2.15. The fourth-order valence-electron chi connectivity index (χ4n) is 3.99. The number of amides is 1. The van der Waals surface area contributed by atoms with E-state index < -0.39 is 29.5 Å². The highest BCUT2D eigenvalue weighted by Crippen LogP contribution is 2.36. The smallest absolute Gasteiger partial charge is 0.322 e. The number of rotatable bonds is 7. The second-order valence-corrected chi connectivity index (χ2v) is 8.72. The minimum Gasteiger partial charge on any atom is -0.507 e. The van der Waals surface area contributed by atoms with E-state index in [4.69, 9.17) is 5.11 Å². The summed E-state index contributed by atoms with van der Waals surface area (Å²) in [5.41, 5.74) is 4.29. The van der Waals surface area contributed by atoms with Crippen molar-refractivity contribution in [1.29, 1.82) is 0 Å². The molecule has 1 aliphatic rings. The molecule has 9 heteroatoms. The Balaban J connectivity index is 1.69. The van der Waals surface area contributed by atoms with E-state index in [1.807, 2.05) is 30.5 Å². The summed E-state index contributed by atoms with van der Waals surface area (Å²) in [6.45, 7) is 1.68. The molecular formula is C24H24N3O5S+. The van der Waals surface area contributed by atoms with Gasteiger partial charge in [0.05, 0.1) is 6.54 Å². The zero-order valence-electron chi connectivity index (χ0n) is 18.1. The van der Waals surface area contributed by atoms with Gasteiger partial charge in [-0.1, -0.05) is 25.1 Å². The fraction of sp³-hybridized carbons (Fsp3) is 0.250. The molecule has 0 bridgehead atoms. The Morgan fingerprint density at radius 3 is 2.67 bits per heavy atom. The van der Waals surface area contributed by atoms with Crippen molar-refractivity contribution in [1.82, 2.24) is 9.88 Å². The quantitative estimate of drug-likeness (QED) is 0.491. The van der Waals surface area contributed by atoms with E-state index in [9.17, 15) is 19.5 Å². The minimum atomic E-state index is -1.24. The molecule has 3 aromatic rings. The SMILES string of the molecule is CCc1ccccc1-c1ccc(Cn2c3c(c(O)c(C(=O)NCC(=O)O)c2=O)CSC3)c[nH+]1. The third kappa shape index (κ3) is 4.49. The summed E-state index contributed by atoms with van der Waals surface area (Å²) >= 11 is 1.54. The lowest BCUT2D eigenvalue weighted by atomic mass is 10.0. The van der Waals surface area contributed by atoms with Crippen LogP contribution in [0.5, 0.6) is 5.75 Å². The first-order chi connectivity index (χ1) is 15.9. The van der Waals surface area contributed by atoms with Crippen molar-refractivity contribution in [2.75, 3.05) is 6.54 Å². The third-order valence-corrected chi connectivity index (χ3v) is 6.64. The van der Waals surface area contributed by atoms with E-state index in [-0.39, 0.29) is 12.3 Å². The number of fused-ring (bicyclic) bond motifs is 1. The van der Waals surface area contributed by atoms with Gasteiger partial charge in [0.1, 0.15) is 17.9 Å². The highest BCUT2D eigenvalue weighted by atomic mass is 32.2. The Morgan fingerprint density at radius 2 is 1.97 bits per heavy atom. The molecule has 0 saturated heterocycles. The van der Waals surface area contributed by atoms with Crippen molar-refractivity contribution in [3.63, 3.8) is 0 Å². The summed E-state index contributed by atoms with van der Waals surface area (Å²) in [6, 6.07) is 12.0. The third-order valence-electron chi connectivity index (χ3n) is 5.67. The molecule has 0 aliphatic carbocycles. The number of hydrogen-bond donors (Lipinski definition) is 3. The number of aliphatic carboxylic acids is 1. The number of H-pyrrole nitrogens is 1. The van der Waals surface area contributed by atoms with E-state index in [0.717, 1.165) is 23.2 Å². The lowest BCUT2D eigenvalue weighted by molar-refractivity contribution is -0.365. The normalized spacial score (nSPS) is 12.4. The fourth-order valence-corrected chi connectivity index (χ4v) is 5.12. The Hall–Kier alpha value is -3.59. The lowest BCUT2D eigenvalue weighted by Crippen LogP contribution is -2.37. The molecule has 1 aliphatic heterocycles. The predicted molar refractivity (Wildman–Crippen MR) is 124 cm³/mol. The van der Waals surface area contributed by atoms with Gasteiger partial charge in [0, 0.05) is 40.0 Å². The maximum atomic E-state index is 13.2. The molecule has 1 amide bonds. The molecule has 170 valence electrons. The van der Waals surface area contributed by atoms with Gasteiger partial charge in [0.2, 0.25) is 5.69 Å². The summed E-state index contributed by atoms with van der Waals surface area (Å²) in [5, 5.41) is 21.6. The molecule has 0 fully saturated rings. The van der Waals surface area contributed by atoms with Crippen LogP contribution >= 0.6 is 11.8 Å². The number of aryl methyl sites for hydroxylation is 1. The van der Waals surface area contributed by atoms with Crippen molar-refractivity contribution >= 4 is 23.6 Å². The topological polar surface area (TPSA) is 123 Å². The molecule has 0 radical (unpaired) electrons. The van der Waals surface area contributed by atoms with Gasteiger partial charge >= 0.3 is 5.97 Å². The van der Waals surface area contributed by atoms with E-state index >= 15 is 0 Å². The van der Waals surface area contributed by atoms with Gasteiger partial charge in [-0.25, -0.2) is 4.98 Å². The van der Waals surface area contributed by atoms with Crippen LogP contribution < -0.4 is 15.9 Å². The number of carboxylic acid groups (broad SMARTS) is 1. The highest BCUT2D eigenvalue weighted by molar-refractivity contribution is 7.98. The molecule has 0 atom stereocenters. The number of aromatic amines is 1. The molecule has 0 unspecified atom stereocenters. The minimum absolute atomic E-state index is 0.216. The van der Waals surface area contributed by atoms with Gasteiger partial charge in [0.25, 0.3) is 11.5 Å². The summed E-state index contributed by atoms with van der Waals surface area (Å²) in [5.74, 6) is -1.48. The number of pyridine rings is 2. The van der Waals surface area contributed by atoms with Crippen LogP contribution in [-0.2, 0) is 29.3 Å². The van der Waals surface area contributed by atoms with Crippen LogP contribution in [0.4, 0.5) is 0 Å². The second kappa shape index (κ2) is 9.50. The molecule has 3 heterocycles. The Morgan fingerprint density at radius 1 is 1.18 bits per heavy atom. The summed E-state index contributed by atoms with van der Waals surface area (Å²) in [7, 11) is 0. The maximum absolute atomic E-state index is 13.2. The number of carbonyl (C=O) groups excluding carboxylic acids is 1. The Kier molecular flexibility index (Phi) is 6.50. The number of hydrogen-bond acceptors (Lipinski definition) is 5. The number of aromatic hydroxyl groups is 1. The zero-order chi connectivity index (χ0) is 23.5. The van der Waals surface area contributed by atoms with Crippen molar-refractivity contribution in [3.05, 3.63) is 80.9 Å². The Labute approximate surface area is 194 Å². The van der Waals surface area contributed by atoms with Gasteiger partial charge in [-0.15, -0.1) is 0 Å². The van der Waals surface area contributed by atoms with Crippen molar-refractivity contribution < 1.29 is 24.8 Å². The first-order valence-corrected chi connectivity index (χ1v) is 11.7. The molecule has 33 heavy (non-hydrogen) atoms. The standard InChI is InChI=1S/C24H23N3O5S/c1-2-15-5-3-4-6-16(15)18-8-7-14(9-25-18)11-27-19-13-33-12-17(19)22(30)21(24(27)32)23(31)26-10-20(28)29/h3-9,30H,2,10-13H2,1H3,(H,26,31)(H,28,29)/p+1. The van der Waals surface area contributed by atoms with Crippen LogP contribution in [-0.4, -0.2) is 33.2 Å². The first kappa shape index (κ1) is 22.6. The number of carboxylic acids is 1. The van der Waals surface area contributed by atoms with Gasteiger partial charge < -0.3 is 20.1 Å². The van der Waals surface area contributed by atoms with Crippen LogP contribution in [0.25, 0.3) is 11.3 Å². The average Bonchev–Trinajstić information content (AvgIpc) is 3.31. The molecule has 0 saturated carbocycles. The molecule has 1 aromatic carbocycles. The molecule has 8 nitrogen and oxygen atoms in total. The van der Waals surface area contributed by atoms with E-state index in [1.165, 1.54) is 21.9 Å². The predicted octanol–water partition coefficient (Wildman–Crippen LogP) is 2.21. The van der Waals surface area contributed by atoms with Gasteiger partial charge in [0.15, 0.2) is 6.20 Å². The maximum Gasteiger partial charge on any atom is 0.322 e. The van der Waals surface area contributed by atoms with Gasteiger partial charge in [-0.2, -0.15) is 11.8 Å². The van der Waals surface area contributed by atoms with Crippen LogP contribution in [0.2, 0.25) is 0 Å². The van der Waals surface area contributed by atoms with Crippen LogP contribution in [0.3, 0.4) is 0 Å². The highest BCUT2D eigenvalue weighted by Gasteiger charge is 2.29. The summed E-state index contributed by atoms with van der Waals surface area (Å²) in [4.78, 5) is 39.8. The summed E-state index contributed by atoms with van der Waals surface area (Å²) < 4.78 is 1.49. The van der Waals surface area contributed by atoms with Crippen LogP contribution in [0, 0.1) is 0 Å².